The fourth-order valence-electron chi connectivity index (χ4n) is 1.04. The highest BCUT2D eigenvalue weighted by Crippen LogP contribution is 2.20. The predicted octanol–water partition coefficient (Wildman–Crippen LogP) is 2.74. The number of halogens is 1. The Morgan fingerprint density at radius 3 is 2.50 bits per heavy atom. The van der Waals surface area contributed by atoms with Crippen LogP contribution in [0.5, 0.6) is 0 Å². The van der Waals surface area contributed by atoms with Crippen molar-refractivity contribution in [3.05, 3.63) is 0 Å². The van der Waals surface area contributed by atoms with Crippen LogP contribution in [0.1, 0.15) is 40.0 Å². The van der Waals surface area contributed by atoms with Gasteiger partial charge in [0, 0.05) is 6.92 Å². The van der Waals surface area contributed by atoms with Crippen LogP contribution in [-0.4, -0.2) is 17.5 Å². The number of hydrogen-bond donors (Lipinski definition) is 0. The number of ether oxygens (including phenoxy) is 1. The van der Waals surface area contributed by atoms with Crippen molar-refractivity contribution in [1.29, 1.82) is 0 Å². The molecular formula is C9H17ClO2. The Labute approximate surface area is 79.2 Å². The second-order valence-electron chi connectivity index (χ2n) is 3.28. The Morgan fingerprint density at radius 2 is 2.17 bits per heavy atom. The molecule has 0 aliphatic heterocycles. The van der Waals surface area contributed by atoms with Crippen molar-refractivity contribution in [1.82, 2.24) is 0 Å². The van der Waals surface area contributed by atoms with Crippen LogP contribution < -0.4 is 0 Å². The normalized spacial score (nSPS) is 15.3. The highest BCUT2D eigenvalue weighted by Gasteiger charge is 2.25. The molecule has 0 saturated heterocycles. The van der Waals surface area contributed by atoms with Crippen LogP contribution in [0, 0.1) is 0 Å². The number of carbonyl (C=O) groups is 1. The van der Waals surface area contributed by atoms with E-state index in [0.29, 0.717) is 5.88 Å². The quantitative estimate of drug-likeness (QED) is 0.495. The van der Waals surface area contributed by atoms with E-state index in [4.69, 9.17) is 16.3 Å². The third-order valence-electron chi connectivity index (χ3n) is 1.73. The first-order chi connectivity index (χ1) is 5.54. The van der Waals surface area contributed by atoms with Gasteiger partial charge >= 0.3 is 5.97 Å². The van der Waals surface area contributed by atoms with Gasteiger partial charge in [0.25, 0.3) is 0 Å². The predicted molar refractivity (Wildman–Crippen MR) is 50.4 cm³/mol. The van der Waals surface area contributed by atoms with Gasteiger partial charge in [-0.25, -0.2) is 0 Å². The van der Waals surface area contributed by atoms with Crippen LogP contribution in [0.25, 0.3) is 0 Å². The standard InChI is InChI=1S/C9H17ClO2/c1-4-5-6-9(3,7-10)12-8(2)11/h4-7H2,1-3H3. The van der Waals surface area contributed by atoms with Crippen molar-refractivity contribution in [3.8, 4) is 0 Å². The van der Waals surface area contributed by atoms with Crippen LogP contribution in [0.3, 0.4) is 0 Å². The maximum Gasteiger partial charge on any atom is 0.303 e. The van der Waals surface area contributed by atoms with Crippen molar-refractivity contribution in [2.75, 3.05) is 5.88 Å². The van der Waals surface area contributed by atoms with Crippen molar-refractivity contribution in [2.24, 2.45) is 0 Å². The fourth-order valence-corrected chi connectivity index (χ4v) is 1.23. The van der Waals surface area contributed by atoms with Gasteiger partial charge in [-0.1, -0.05) is 13.3 Å². The Hall–Kier alpha value is -0.240. The first-order valence-electron chi connectivity index (χ1n) is 4.29. The minimum Gasteiger partial charge on any atom is -0.458 e. The molecule has 1 unspecified atom stereocenters. The van der Waals surface area contributed by atoms with Crippen molar-refractivity contribution in [2.45, 2.75) is 45.6 Å². The summed E-state index contributed by atoms with van der Waals surface area (Å²) < 4.78 is 5.12. The zero-order valence-corrected chi connectivity index (χ0v) is 8.78. The van der Waals surface area contributed by atoms with Crippen molar-refractivity contribution in [3.63, 3.8) is 0 Å². The fraction of sp³-hybridized carbons (Fsp3) is 0.889. The highest BCUT2D eigenvalue weighted by atomic mass is 35.5. The molecule has 0 aromatic carbocycles. The van der Waals surface area contributed by atoms with Gasteiger partial charge in [-0.3, -0.25) is 4.79 Å². The van der Waals surface area contributed by atoms with Crippen LogP contribution in [0.4, 0.5) is 0 Å². The molecule has 0 aromatic rings. The Morgan fingerprint density at radius 1 is 1.58 bits per heavy atom. The van der Waals surface area contributed by atoms with Gasteiger partial charge in [-0.2, -0.15) is 0 Å². The smallest absolute Gasteiger partial charge is 0.303 e. The van der Waals surface area contributed by atoms with Gasteiger partial charge in [0.15, 0.2) is 0 Å². The molecule has 0 rings (SSSR count). The van der Waals surface area contributed by atoms with Crippen molar-refractivity contribution >= 4 is 17.6 Å². The van der Waals surface area contributed by atoms with Crippen LogP contribution in [0.15, 0.2) is 0 Å². The van der Waals surface area contributed by atoms with E-state index in [-0.39, 0.29) is 5.97 Å². The SMILES string of the molecule is CCCCC(C)(CCl)OC(C)=O. The van der Waals surface area contributed by atoms with Gasteiger partial charge in [0.1, 0.15) is 5.60 Å². The number of alkyl halides is 1. The van der Waals surface area contributed by atoms with E-state index < -0.39 is 5.60 Å². The summed E-state index contributed by atoms with van der Waals surface area (Å²) in [6, 6.07) is 0. The molecule has 0 heterocycles. The van der Waals surface area contributed by atoms with E-state index >= 15 is 0 Å². The molecule has 0 amide bonds. The summed E-state index contributed by atoms with van der Waals surface area (Å²) in [7, 11) is 0. The van der Waals surface area contributed by atoms with Gasteiger partial charge in [-0.15, -0.1) is 11.6 Å². The summed E-state index contributed by atoms with van der Waals surface area (Å²) in [5, 5.41) is 0. The molecule has 0 aliphatic rings. The molecule has 1 atom stereocenters. The first kappa shape index (κ1) is 11.8. The van der Waals surface area contributed by atoms with E-state index in [1.165, 1.54) is 6.92 Å². The van der Waals surface area contributed by atoms with E-state index in [2.05, 4.69) is 6.92 Å². The monoisotopic (exact) mass is 192 g/mol. The molecule has 2 nitrogen and oxygen atoms in total. The Bertz CT molecular complexity index is 147. The Balaban J connectivity index is 3.95. The topological polar surface area (TPSA) is 26.3 Å². The number of unbranched alkanes of at least 4 members (excludes halogenated alkanes) is 1. The third kappa shape index (κ3) is 4.60. The minimum absolute atomic E-state index is 0.255. The zero-order valence-electron chi connectivity index (χ0n) is 8.02. The van der Waals surface area contributed by atoms with Crippen LogP contribution >= 0.6 is 11.6 Å². The molecule has 0 aromatic heterocycles. The molecule has 0 fully saturated rings. The lowest BCUT2D eigenvalue weighted by molar-refractivity contribution is -0.153. The second-order valence-corrected chi connectivity index (χ2v) is 3.55. The van der Waals surface area contributed by atoms with E-state index in [1.807, 2.05) is 6.92 Å². The zero-order chi connectivity index (χ0) is 9.61. The summed E-state index contributed by atoms with van der Waals surface area (Å²) >= 11 is 5.71. The van der Waals surface area contributed by atoms with Gasteiger partial charge in [0.05, 0.1) is 5.88 Å². The maximum atomic E-state index is 10.7. The second kappa shape index (κ2) is 5.41. The molecule has 0 N–H and O–H groups in total. The molecule has 0 aliphatic carbocycles. The van der Waals surface area contributed by atoms with Gasteiger partial charge in [0.2, 0.25) is 0 Å². The van der Waals surface area contributed by atoms with Crippen molar-refractivity contribution < 1.29 is 9.53 Å². The summed E-state index contributed by atoms with van der Waals surface area (Å²) in [5.41, 5.74) is -0.469. The summed E-state index contributed by atoms with van der Waals surface area (Å²) in [4.78, 5) is 10.7. The number of esters is 1. The lowest BCUT2D eigenvalue weighted by Gasteiger charge is -2.26. The minimum atomic E-state index is -0.469. The molecular weight excluding hydrogens is 176 g/mol. The molecule has 72 valence electrons. The number of hydrogen-bond acceptors (Lipinski definition) is 2. The Kier molecular flexibility index (Phi) is 5.31. The number of rotatable bonds is 5. The average Bonchev–Trinajstić information content (AvgIpc) is 2.00. The summed E-state index contributed by atoms with van der Waals surface area (Å²) in [6.07, 6.45) is 2.97. The maximum absolute atomic E-state index is 10.7. The third-order valence-corrected chi connectivity index (χ3v) is 2.30. The average molecular weight is 193 g/mol. The summed E-state index contributed by atoms with van der Waals surface area (Å²) in [5.74, 6) is 0.112. The first-order valence-corrected chi connectivity index (χ1v) is 4.83. The molecule has 3 heteroatoms. The summed E-state index contributed by atoms with van der Waals surface area (Å²) in [6.45, 7) is 5.39. The largest absolute Gasteiger partial charge is 0.458 e. The van der Waals surface area contributed by atoms with Crippen LogP contribution in [0.2, 0.25) is 0 Å². The van der Waals surface area contributed by atoms with E-state index in [0.717, 1.165) is 19.3 Å². The van der Waals surface area contributed by atoms with E-state index in [9.17, 15) is 4.79 Å². The molecule has 12 heavy (non-hydrogen) atoms. The molecule has 0 bridgehead atoms. The van der Waals surface area contributed by atoms with Gasteiger partial charge < -0.3 is 4.74 Å². The lowest BCUT2D eigenvalue weighted by Crippen LogP contribution is -2.32. The van der Waals surface area contributed by atoms with Gasteiger partial charge in [-0.05, 0) is 19.8 Å². The lowest BCUT2D eigenvalue weighted by atomic mass is 10.0. The molecule has 0 radical (unpaired) electrons. The molecule has 0 spiro atoms. The number of carbonyl (C=O) groups excluding carboxylic acids is 1. The van der Waals surface area contributed by atoms with Crippen LogP contribution in [-0.2, 0) is 9.53 Å². The highest BCUT2D eigenvalue weighted by molar-refractivity contribution is 6.18. The van der Waals surface area contributed by atoms with E-state index in [1.54, 1.807) is 0 Å². The molecule has 0 saturated carbocycles.